The molecule has 1 aromatic carbocycles. The molecule has 1 aromatic rings. The van der Waals surface area contributed by atoms with Gasteiger partial charge in [-0.25, -0.2) is 0 Å². The van der Waals surface area contributed by atoms with Crippen molar-refractivity contribution in [3.05, 3.63) is 23.8 Å². The van der Waals surface area contributed by atoms with Gasteiger partial charge in [0.05, 0.1) is 6.10 Å². The van der Waals surface area contributed by atoms with Crippen LogP contribution in [0.4, 0.5) is 0 Å². The summed E-state index contributed by atoms with van der Waals surface area (Å²) in [5, 5.41) is 10.0. The summed E-state index contributed by atoms with van der Waals surface area (Å²) in [6.45, 7) is 1.18. The Kier molecular flexibility index (Phi) is 4.57. The van der Waals surface area contributed by atoms with Gasteiger partial charge < -0.3 is 14.6 Å². The van der Waals surface area contributed by atoms with Crippen molar-refractivity contribution < 1.29 is 14.6 Å². The first-order valence-electron chi connectivity index (χ1n) is 5.88. The van der Waals surface area contributed by atoms with E-state index >= 15 is 0 Å². The second-order valence-electron chi connectivity index (χ2n) is 4.05. The lowest BCUT2D eigenvalue weighted by atomic mass is 10.0. The Morgan fingerprint density at radius 3 is 2.82 bits per heavy atom. The summed E-state index contributed by atoms with van der Waals surface area (Å²) in [4.78, 5) is 0. The van der Waals surface area contributed by atoms with Crippen LogP contribution >= 0.6 is 11.8 Å². The van der Waals surface area contributed by atoms with Gasteiger partial charge in [0.25, 0.3) is 0 Å². The van der Waals surface area contributed by atoms with Gasteiger partial charge in [-0.1, -0.05) is 6.07 Å². The molecule has 0 bridgehead atoms. The third-order valence-corrected chi connectivity index (χ3v) is 3.47. The predicted octanol–water partition coefficient (Wildman–Crippen LogP) is 2.63. The number of thioether (sulfide) groups is 1. The molecule has 1 aliphatic heterocycles. The van der Waals surface area contributed by atoms with E-state index in [2.05, 4.69) is 6.26 Å². The zero-order valence-corrected chi connectivity index (χ0v) is 10.8. The second-order valence-corrected chi connectivity index (χ2v) is 5.04. The molecule has 0 fully saturated rings. The molecule has 1 unspecified atom stereocenters. The fourth-order valence-corrected chi connectivity index (χ4v) is 2.31. The fraction of sp³-hybridized carbons (Fsp3) is 0.538. The first kappa shape index (κ1) is 12.6. The summed E-state index contributed by atoms with van der Waals surface area (Å²) in [5.41, 5.74) is 0.912. The molecule has 3 nitrogen and oxygen atoms in total. The molecule has 4 heteroatoms. The normalized spacial score (nSPS) is 15.6. The van der Waals surface area contributed by atoms with Crippen LogP contribution in [0.25, 0.3) is 0 Å². The maximum atomic E-state index is 10.0. The Morgan fingerprint density at radius 2 is 2.06 bits per heavy atom. The average molecular weight is 254 g/mol. The van der Waals surface area contributed by atoms with Gasteiger partial charge in [0.2, 0.25) is 0 Å². The lowest BCUT2D eigenvalue weighted by Gasteiger charge is -2.20. The number of hydrogen-bond acceptors (Lipinski definition) is 4. The van der Waals surface area contributed by atoms with Gasteiger partial charge in [0.1, 0.15) is 13.2 Å². The van der Waals surface area contributed by atoms with Crippen molar-refractivity contribution in [2.45, 2.75) is 18.9 Å². The van der Waals surface area contributed by atoms with Crippen LogP contribution in [0.15, 0.2) is 18.2 Å². The molecule has 0 aliphatic carbocycles. The number of hydrogen-bond donors (Lipinski definition) is 1. The largest absolute Gasteiger partial charge is 0.486 e. The highest BCUT2D eigenvalue weighted by Crippen LogP contribution is 2.33. The van der Waals surface area contributed by atoms with Crippen molar-refractivity contribution in [2.75, 3.05) is 25.2 Å². The van der Waals surface area contributed by atoms with Gasteiger partial charge in [0.15, 0.2) is 11.5 Å². The van der Waals surface area contributed by atoms with E-state index in [0.717, 1.165) is 35.7 Å². The first-order valence-corrected chi connectivity index (χ1v) is 7.27. The van der Waals surface area contributed by atoms with E-state index in [4.69, 9.17) is 9.47 Å². The van der Waals surface area contributed by atoms with Crippen molar-refractivity contribution in [2.24, 2.45) is 0 Å². The van der Waals surface area contributed by atoms with Crippen LogP contribution in [0.2, 0.25) is 0 Å². The van der Waals surface area contributed by atoms with Crippen LogP contribution in [0.1, 0.15) is 24.5 Å². The van der Waals surface area contributed by atoms with Gasteiger partial charge in [-0.3, -0.25) is 0 Å². The van der Waals surface area contributed by atoms with Crippen LogP contribution in [-0.2, 0) is 0 Å². The van der Waals surface area contributed by atoms with Crippen LogP contribution in [0.5, 0.6) is 11.5 Å². The predicted molar refractivity (Wildman–Crippen MR) is 70.0 cm³/mol. The molecule has 94 valence electrons. The van der Waals surface area contributed by atoms with Crippen molar-refractivity contribution in [1.29, 1.82) is 0 Å². The van der Waals surface area contributed by atoms with E-state index in [1.807, 2.05) is 18.2 Å². The van der Waals surface area contributed by atoms with Crippen molar-refractivity contribution in [3.8, 4) is 11.5 Å². The number of aliphatic hydroxyl groups excluding tert-OH is 1. The topological polar surface area (TPSA) is 38.7 Å². The standard InChI is InChI=1S/C13H18O3S/c1-17-8-2-3-11(14)10-4-5-12-13(9-10)16-7-6-15-12/h4-5,9,11,14H,2-3,6-8H2,1H3. The van der Waals surface area contributed by atoms with Crippen molar-refractivity contribution in [1.82, 2.24) is 0 Å². The molecule has 0 radical (unpaired) electrons. The minimum absolute atomic E-state index is 0.405. The summed E-state index contributed by atoms with van der Waals surface area (Å²) in [7, 11) is 0. The number of rotatable bonds is 5. The number of ether oxygens (including phenoxy) is 2. The van der Waals surface area contributed by atoms with Crippen LogP contribution in [0, 0.1) is 0 Å². The smallest absolute Gasteiger partial charge is 0.161 e. The highest BCUT2D eigenvalue weighted by atomic mass is 32.2. The average Bonchev–Trinajstić information content (AvgIpc) is 2.38. The van der Waals surface area contributed by atoms with Crippen LogP contribution in [-0.4, -0.2) is 30.3 Å². The van der Waals surface area contributed by atoms with Gasteiger partial charge in [-0.15, -0.1) is 0 Å². The van der Waals surface area contributed by atoms with Gasteiger partial charge in [-0.2, -0.15) is 11.8 Å². The van der Waals surface area contributed by atoms with Crippen LogP contribution in [0.3, 0.4) is 0 Å². The Bertz CT molecular complexity index is 368. The SMILES string of the molecule is CSCCCC(O)c1ccc2c(c1)OCCO2. The van der Waals surface area contributed by atoms with E-state index < -0.39 is 6.10 Å². The third-order valence-electron chi connectivity index (χ3n) is 2.78. The summed E-state index contributed by atoms with van der Waals surface area (Å²) in [5.74, 6) is 2.61. The van der Waals surface area contributed by atoms with Gasteiger partial charge >= 0.3 is 0 Å². The van der Waals surface area contributed by atoms with E-state index in [0.29, 0.717) is 13.2 Å². The molecule has 0 aromatic heterocycles. The quantitative estimate of drug-likeness (QED) is 0.820. The van der Waals surface area contributed by atoms with E-state index in [9.17, 15) is 5.11 Å². The second kappa shape index (κ2) is 6.17. The van der Waals surface area contributed by atoms with E-state index in [1.165, 1.54) is 0 Å². The molecule has 0 spiro atoms. The van der Waals surface area contributed by atoms with Crippen molar-refractivity contribution >= 4 is 11.8 Å². The highest BCUT2D eigenvalue weighted by molar-refractivity contribution is 7.98. The Hall–Kier alpha value is -0.870. The van der Waals surface area contributed by atoms with Gasteiger partial charge in [-0.05, 0) is 42.5 Å². The number of benzene rings is 1. The molecule has 1 heterocycles. The summed E-state index contributed by atoms with van der Waals surface area (Å²) < 4.78 is 10.9. The number of aliphatic hydroxyl groups is 1. The Morgan fingerprint density at radius 1 is 1.29 bits per heavy atom. The monoisotopic (exact) mass is 254 g/mol. The lowest BCUT2D eigenvalue weighted by Crippen LogP contribution is -2.15. The maximum absolute atomic E-state index is 10.0. The molecular formula is C13H18O3S. The minimum atomic E-state index is -0.405. The third kappa shape index (κ3) is 3.30. The Balaban J connectivity index is 2.00. The zero-order chi connectivity index (χ0) is 12.1. The van der Waals surface area contributed by atoms with E-state index in [-0.39, 0.29) is 0 Å². The molecule has 1 N–H and O–H groups in total. The lowest BCUT2D eigenvalue weighted by molar-refractivity contribution is 0.159. The molecule has 1 atom stereocenters. The Labute approximate surface area is 106 Å². The van der Waals surface area contributed by atoms with Crippen LogP contribution < -0.4 is 9.47 Å². The van der Waals surface area contributed by atoms with Gasteiger partial charge in [0, 0.05) is 0 Å². The molecule has 2 rings (SSSR count). The molecule has 0 saturated carbocycles. The summed E-state index contributed by atoms with van der Waals surface area (Å²) >= 11 is 1.81. The summed E-state index contributed by atoms with van der Waals surface area (Å²) in [6, 6.07) is 5.68. The zero-order valence-electron chi connectivity index (χ0n) is 10.0. The molecular weight excluding hydrogens is 236 g/mol. The molecule has 17 heavy (non-hydrogen) atoms. The molecule has 0 saturated heterocycles. The fourth-order valence-electron chi connectivity index (χ4n) is 1.85. The number of fused-ring (bicyclic) bond motifs is 1. The van der Waals surface area contributed by atoms with Crippen molar-refractivity contribution in [3.63, 3.8) is 0 Å². The maximum Gasteiger partial charge on any atom is 0.161 e. The van der Waals surface area contributed by atoms with E-state index in [1.54, 1.807) is 11.8 Å². The summed E-state index contributed by atoms with van der Waals surface area (Å²) in [6.07, 6.45) is 3.49. The molecule has 1 aliphatic rings. The minimum Gasteiger partial charge on any atom is -0.486 e. The molecule has 0 amide bonds. The first-order chi connectivity index (χ1) is 8.31. The highest BCUT2D eigenvalue weighted by Gasteiger charge is 2.15.